The van der Waals surface area contributed by atoms with Gasteiger partial charge in [-0.15, -0.1) is 11.3 Å². The van der Waals surface area contributed by atoms with Crippen molar-refractivity contribution in [2.75, 3.05) is 13.1 Å². The summed E-state index contributed by atoms with van der Waals surface area (Å²) < 4.78 is 0. The minimum Gasteiger partial charge on any atom is -0.510 e. The van der Waals surface area contributed by atoms with Crippen LogP contribution in [-0.4, -0.2) is 33.9 Å². The average Bonchev–Trinajstić information content (AvgIpc) is 3.11. The Kier molecular flexibility index (Phi) is 4.45. The molecule has 0 radical (unpaired) electrons. The zero-order valence-corrected chi connectivity index (χ0v) is 15.2. The van der Waals surface area contributed by atoms with Crippen LogP contribution in [0.3, 0.4) is 0 Å². The third-order valence-electron chi connectivity index (χ3n) is 4.18. The quantitative estimate of drug-likeness (QED) is 0.874. The Hall–Kier alpha value is -2.14. The monoisotopic (exact) mass is 341 g/mol. The maximum Gasteiger partial charge on any atom is 0.135 e. The molecule has 0 unspecified atom stereocenters. The van der Waals surface area contributed by atoms with Gasteiger partial charge in [-0.05, 0) is 12.0 Å². The van der Waals surface area contributed by atoms with Gasteiger partial charge in [0.1, 0.15) is 16.6 Å². The van der Waals surface area contributed by atoms with E-state index in [1.165, 1.54) is 16.9 Å². The lowest BCUT2D eigenvalue weighted by molar-refractivity contribution is 0.351. The molecule has 0 amide bonds. The van der Waals surface area contributed by atoms with Crippen LogP contribution < -0.4 is 0 Å². The summed E-state index contributed by atoms with van der Waals surface area (Å²) in [4.78, 5) is 6.56. The topological polar surface area (TPSA) is 60.2 Å². The van der Waals surface area contributed by atoms with E-state index in [0.29, 0.717) is 24.5 Å². The van der Waals surface area contributed by atoms with Gasteiger partial charge in [0.2, 0.25) is 0 Å². The van der Waals surface area contributed by atoms with E-state index in [1.807, 2.05) is 28.5 Å². The fourth-order valence-corrected chi connectivity index (χ4v) is 3.80. The van der Waals surface area contributed by atoms with E-state index < -0.39 is 0 Å². The number of rotatable bonds is 4. The van der Waals surface area contributed by atoms with Crippen LogP contribution in [0.2, 0.25) is 0 Å². The molecule has 2 aromatic rings. The average molecular weight is 341 g/mol. The lowest BCUT2D eigenvalue weighted by Gasteiger charge is -2.18. The van der Waals surface area contributed by atoms with Gasteiger partial charge in [0, 0.05) is 17.3 Å². The van der Waals surface area contributed by atoms with Crippen LogP contribution in [0.1, 0.15) is 37.0 Å². The molecule has 2 N–H and O–H groups in total. The minimum atomic E-state index is -0.0290. The number of nitrogens with zero attached hydrogens (tertiary/aromatic N) is 2. The second-order valence-electron chi connectivity index (χ2n) is 7.12. The highest BCUT2D eigenvalue weighted by Gasteiger charge is 2.30. The summed E-state index contributed by atoms with van der Waals surface area (Å²) in [6, 6.07) is 10.2. The molecule has 2 heterocycles. The Bertz CT molecular complexity index is 771. The van der Waals surface area contributed by atoms with E-state index >= 15 is 0 Å². The molecule has 0 atom stereocenters. The van der Waals surface area contributed by atoms with Gasteiger partial charge in [0.15, 0.2) is 0 Å². The van der Waals surface area contributed by atoms with Gasteiger partial charge in [0.05, 0.1) is 17.8 Å². The van der Waals surface area contributed by atoms with Crippen molar-refractivity contribution in [1.82, 2.24) is 9.88 Å². The molecule has 1 aliphatic heterocycles. The highest BCUT2D eigenvalue weighted by molar-refractivity contribution is 7.11. The van der Waals surface area contributed by atoms with Crippen molar-refractivity contribution in [3.05, 3.63) is 57.7 Å². The number of aromatic nitrogens is 1. The van der Waals surface area contributed by atoms with Crippen LogP contribution >= 0.6 is 11.3 Å². The third kappa shape index (κ3) is 3.36. The normalized spacial score (nSPS) is 15.5. The van der Waals surface area contributed by atoms with Crippen LogP contribution in [-0.2, 0) is 11.8 Å². The van der Waals surface area contributed by atoms with Gasteiger partial charge < -0.3 is 10.0 Å². The first kappa shape index (κ1) is 16.7. The highest BCUT2D eigenvalue weighted by atomic mass is 32.1. The van der Waals surface area contributed by atoms with E-state index in [9.17, 15) is 5.11 Å². The predicted molar refractivity (Wildman–Crippen MR) is 99.8 cm³/mol. The Morgan fingerprint density at radius 1 is 1.25 bits per heavy atom. The molecule has 0 saturated carbocycles. The first-order valence-corrected chi connectivity index (χ1v) is 9.00. The van der Waals surface area contributed by atoms with Crippen molar-refractivity contribution in [3.63, 3.8) is 0 Å². The van der Waals surface area contributed by atoms with Gasteiger partial charge in [-0.3, -0.25) is 5.41 Å². The number of aliphatic hydroxyl groups is 1. The Morgan fingerprint density at radius 2 is 1.96 bits per heavy atom. The Morgan fingerprint density at radius 3 is 2.58 bits per heavy atom. The maximum atomic E-state index is 10.4. The van der Waals surface area contributed by atoms with E-state index in [-0.39, 0.29) is 11.2 Å². The number of hydrogen-bond acceptors (Lipinski definition) is 4. The summed E-state index contributed by atoms with van der Waals surface area (Å²) in [6.45, 7) is 7.46. The van der Waals surface area contributed by atoms with Crippen LogP contribution in [0.5, 0.6) is 0 Å². The number of benzene rings is 1. The largest absolute Gasteiger partial charge is 0.510 e. The zero-order valence-electron chi connectivity index (χ0n) is 14.3. The molecule has 0 spiro atoms. The summed E-state index contributed by atoms with van der Waals surface area (Å²) in [7, 11) is 0. The highest BCUT2D eigenvalue weighted by Crippen LogP contribution is 2.32. The first-order chi connectivity index (χ1) is 11.4. The molecular weight excluding hydrogens is 318 g/mol. The molecule has 1 aromatic carbocycles. The number of aliphatic hydroxyl groups excluding tert-OH is 1. The number of amidine groups is 1. The zero-order chi connectivity index (χ0) is 17.3. The van der Waals surface area contributed by atoms with Crippen molar-refractivity contribution in [2.24, 2.45) is 0 Å². The number of nitrogens with one attached hydrogen (secondary N) is 1. The van der Waals surface area contributed by atoms with E-state index in [2.05, 4.69) is 37.9 Å². The van der Waals surface area contributed by atoms with Crippen LogP contribution in [0.4, 0.5) is 0 Å². The molecule has 1 aromatic heterocycles. The van der Waals surface area contributed by atoms with Gasteiger partial charge in [-0.1, -0.05) is 51.1 Å². The molecule has 0 aliphatic carbocycles. The van der Waals surface area contributed by atoms with Crippen molar-refractivity contribution >= 4 is 22.7 Å². The Balaban J connectivity index is 1.73. The number of hydrogen-bond donors (Lipinski definition) is 2. The van der Waals surface area contributed by atoms with Gasteiger partial charge in [-0.25, -0.2) is 4.98 Å². The van der Waals surface area contributed by atoms with E-state index in [1.54, 1.807) is 0 Å². The van der Waals surface area contributed by atoms with Crippen LogP contribution in [0.15, 0.2) is 41.5 Å². The van der Waals surface area contributed by atoms with Gasteiger partial charge in [-0.2, -0.15) is 0 Å². The molecule has 5 heteroatoms. The van der Waals surface area contributed by atoms with E-state index in [0.717, 1.165) is 17.1 Å². The molecule has 0 saturated heterocycles. The standard InChI is InChI=1S/C19H23N3OS/c1-19(2,3)15-12-24-18(21-15)16-14(23)11-22(17(16)20)10-9-13-7-5-4-6-8-13/h4-8,12,20,23H,9-11H2,1-3H3. The predicted octanol–water partition coefficient (Wildman–Crippen LogP) is 4.25. The number of thiazole rings is 1. The molecule has 4 nitrogen and oxygen atoms in total. The summed E-state index contributed by atoms with van der Waals surface area (Å²) in [5.41, 5.74) is 2.79. The van der Waals surface area contributed by atoms with Crippen LogP contribution in [0, 0.1) is 5.41 Å². The SMILES string of the molecule is CC(C)(C)c1csc(C2=C(O)CN(CCc3ccccc3)C2=N)n1. The second-order valence-corrected chi connectivity index (χ2v) is 7.97. The molecule has 126 valence electrons. The van der Waals surface area contributed by atoms with Crippen molar-refractivity contribution < 1.29 is 5.11 Å². The van der Waals surface area contributed by atoms with Crippen molar-refractivity contribution in [2.45, 2.75) is 32.6 Å². The summed E-state index contributed by atoms with van der Waals surface area (Å²) >= 11 is 1.50. The van der Waals surface area contributed by atoms with Crippen LogP contribution in [0.25, 0.3) is 5.57 Å². The molecule has 0 fully saturated rings. The maximum absolute atomic E-state index is 10.4. The summed E-state index contributed by atoms with van der Waals surface area (Å²) in [5.74, 6) is 0.626. The van der Waals surface area contributed by atoms with E-state index in [4.69, 9.17) is 5.41 Å². The molecule has 24 heavy (non-hydrogen) atoms. The minimum absolute atomic E-state index is 0.0290. The van der Waals surface area contributed by atoms with Crippen molar-refractivity contribution in [3.8, 4) is 0 Å². The fourth-order valence-electron chi connectivity index (χ4n) is 2.69. The summed E-state index contributed by atoms with van der Waals surface area (Å²) in [5, 5.41) is 21.6. The fraction of sp³-hybridized carbons (Fsp3) is 0.368. The third-order valence-corrected chi connectivity index (χ3v) is 5.04. The second kappa shape index (κ2) is 6.40. The van der Waals surface area contributed by atoms with Gasteiger partial charge >= 0.3 is 0 Å². The van der Waals surface area contributed by atoms with Gasteiger partial charge in [0.25, 0.3) is 0 Å². The summed E-state index contributed by atoms with van der Waals surface area (Å²) in [6.07, 6.45) is 0.856. The smallest absolute Gasteiger partial charge is 0.135 e. The lowest BCUT2D eigenvalue weighted by atomic mass is 9.93. The molecular formula is C19H23N3OS. The molecule has 1 aliphatic rings. The van der Waals surface area contributed by atoms with Crippen molar-refractivity contribution in [1.29, 1.82) is 5.41 Å². The Labute approximate surface area is 147 Å². The molecule has 0 bridgehead atoms. The first-order valence-electron chi connectivity index (χ1n) is 8.12. The lowest BCUT2D eigenvalue weighted by Crippen LogP contribution is -2.28. The molecule has 3 rings (SSSR count).